The molecular formula is C16H18FN5. The van der Waals surface area contributed by atoms with E-state index in [0.29, 0.717) is 6.54 Å². The molecule has 22 heavy (non-hydrogen) atoms. The fourth-order valence-corrected chi connectivity index (χ4v) is 2.37. The summed E-state index contributed by atoms with van der Waals surface area (Å²) in [6.45, 7) is 0.716. The summed E-state index contributed by atoms with van der Waals surface area (Å²) in [7, 11) is 0. The van der Waals surface area contributed by atoms with Gasteiger partial charge in [-0.05, 0) is 55.8 Å². The first-order chi connectivity index (χ1) is 10.8. The average Bonchev–Trinajstić information content (AvgIpc) is 2.95. The summed E-state index contributed by atoms with van der Waals surface area (Å²) in [5, 5.41) is 12.9. The van der Waals surface area contributed by atoms with Crippen LogP contribution >= 0.6 is 0 Å². The predicted octanol–water partition coefficient (Wildman–Crippen LogP) is 2.60. The first-order valence-corrected chi connectivity index (χ1v) is 7.45. The van der Waals surface area contributed by atoms with Crippen molar-refractivity contribution in [3.8, 4) is 11.3 Å². The van der Waals surface area contributed by atoms with Crippen LogP contribution in [-0.4, -0.2) is 26.4 Å². The van der Waals surface area contributed by atoms with Crippen LogP contribution in [-0.2, 0) is 6.42 Å². The fraction of sp³-hybridized carbons (Fsp3) is 0.312. The lowest BCUT2D eigenvalue weighted by Crippen LogP contribution is -2.02. The number of fused-ring (bicyclic) bond motifs is 1. The summed E-state index contributed by atoms with van der Waals surface area (Å²) in [6.07, 6.45) is 3.93. The van der Waals surface area contributed by atoms with E-state index < -0.39 is 0 Å². The highest BCUT2D eigenvalue weighted by atomic mass is 19.1. The first-order valence-electron chi connectivity index (χ1n) is 7.45. The Morgan fingerprint density at radius 2 is 1.77 bits per heavy atom. The van der Waals surface area contributed by atoms with Crippen LogP contribution in [0.2, 0.25) is 0 Å². The third-order valence-electron chi connectivity index (χ3n) is 3.57. The van der Waals surface area contributed by atoms with Crippen LogP contribution in [0.15, 0.2) is 36.4 Å². The van der Waals surface area contributed by atoms with E-state index in [4.69, 9.17) is 5.73 Å². The zero-order valence-corrected chi connectivity index (χ0v) is 12.2. The molecule has 0 radical (unpaired) electrons. The van der Waals surface area contributed by atoms with Gasteiger partial charge in [-0.25, -0.2) is 4.39 Å². The van der Waals surface area contributed by atoms with E-state index in [1.54, 1.807) is 16.6 Å². The largest absolute Gasteiger partial charge is 0.330 e. The Morgan fingerprint density at radius 1 is 0.955 bits per heavy atom. The highest BCUT2D eigenvalue weighted by Crippen LogP contribution is 2.18. The lowest BCUT2D eigenvalue weighted by Gasteiger charge is -2.03. The topological polar surface area (TPSA) is 69.1 Å². The molecule has 0 atom stereocenters. The van der Waals surface area contributed by atoms with E-state index in [9.17, 15) is 4.39 Å². The Kier molecular flexibility index (Phi) is 4.39. The molecule has 0 aliphatic rings. The van der Waals surface area contributed by atoms with Gasteiger partial charge in [-0.1, -0.05) is 6.42 Å². The van der Waals surface area contributed by atoms with E-state index in [1.165, 1.54) is 12.1 Å². The van der Waals surface area contributed by atoms with E-state index in [-0.39, 0.29) is 5.82 Å². The molecule has 3 rings (SSSR count). The summed E-state index contributed by atoms with van der Waals surface area (Å²) < 4.78 is 14.8. The molecule has 5 nitrogen and oxygen atoms in total. The third kappa shape index (κ3) is 3.12. The lowest BCUT2D eigenvalue weighted by molar-refractivity contribution is 0.628. The maximum atomic E-state index is 13.0. The number of benzene rings is 1. The van der Waals surface area contributed by atoms with Crippen molar-refractivity contribution in [2.24, 2.45) is 5.73 Å². The van der Waals surface area contributed by atoms with E-state index in [1.807, 2.05) is 12.1 Å². The van der Waals surface area contributed by atoms with Crippen molar-refractivity contribution in [1.29, 1.82) is 0 Å². The van der Waals surface area contributed by atoms with Crippen LogP contribution in [0.1, 0.15) is 25.1 Å². The van der Waals surface area contributed by atoms with Crippen molar-refractivity contribution in [3.63, 3.8) is 0 Å². The minimum absolute atomic E-state index is 0.255. The van der Waals surface area contributed by atoms with E-state index in [2.05, 4.69) is 15.3 Å². The Balaban J connectivity index is 1.86. The molecule has 0 aliphatic heterocycles. The molecule has 2 N–H and O–H groups in total. The zero-order chi connectivity index (χ0) is 15.4. The summed E-state index contributed by atoms with van der Waals surface area (Å²) in [5.74, 6) is 0.589. The van der Waals surface area contributed by atoms with E-state index in [0.717, 1.165) is 48.4 Å². The number of hydrogen-bond donors (Lipinski definition) is 1. The smallest absolute Gasteiger partial charge is 0.177 e. The van der Waals surface area contributed by atoms with Crippen molar-refractivity contribution in [1.82, 2.24) is 19.8 Å². The molecule has 0 spiro atoms. The number of aromatic nitrogens is 4. The van der Waals surface area contributed by atoms with Crippen LogP contribution < -0.4 is 5.73 Å². The van der Waals surface area contributed by atoms with Crippen molar-refractivity contribution in [3.05, 3.63) is 48.0 Å². The first kappa shape index (κ1) is 14.6. The second kappa shape index (κ2) is 6.62. The number of unbranched alkanes of at least 4 members (excludes halogenated alkanes) is 2. The van der Waals surface area contributed by atoms with Crippen molar-refractivity contribution >= 4 is 5.65 Å². The zero-order valence-electron chi connectivity index (χ0n) is 12.2. The monoisotopic (exact) mass is 299 g/mol. The molecule has 1 aromatic carbocycles. The van der Waals surface area contributed by atoms with Crippen LogP contribution in [0.3, 0.4) is 0 Å². The van der Waals surface area contributed by atoms with Gasteiger partial charge in [0.1, 0.15) is 5.82 Å². The van der Waals surface area contributed by atoms with Gasteiger partial charge in [-0.2, -0.15) is 9.61 Å². The van der Waals surface area contributed by atoms with Crippen molar-refractivity contribution in [2.45, 2.75) is 25.7 Å². The van der Waals surface area contributed by atoms with Gasteiger partial charge in [0.05, 0.1) is 5.69 Å². The Morgan fingerprint density at radius 3 is 2.55 bits per heavy atom. The van der Waals surface area contributed by atoms with Gasteiger partial charge < -0.3 is 5.73 Å². The fourth-order valence-electron chi connectivity index (χ4n) is 2.37. The Bertz CT molecular complexity index is 751. The normalized spacial score (nSPS) is 11.2. The second-order valence-electron chi connectivity index (χ2n) is 5.21. The molecular weight excluding hydrogens is 281 g/mol. The maximum Gasteiger partial charge on any atom is 0.177 e. The van der Waals surface area contributed by atoms with Gasteiger partial charge in [0.2, 0.25) is 0 Å². The molecule has 0 bridgehead atoms. The molecule has 114 valence electrons. The Labute approximate surface area is 128 Å². The molecule has 0 amide bonds. The highest BCUT2D eigenvalue weighted by molar-refractivity contribution is 5.60. The number of nitrogens with two attached hydrogens (primary N) is 1. The van der Waals surface area contributed by atoms with E-state index >= 15 is 0 Å². The molecule has 6 heteroatoms. The summed E-state index contributed by atoms with van der Waals surface area (Å²) in [6, 6.07) is 10.0. The van der Waals surface area contributed by atoms with Gasteiger partial charge in [0, 0.05) is 12.0 Å². The quantitative estimate of drug-likeness (QED) is 0.710. The summed E-state index contributed by atoms with van der Waals surface area (Å²) in [4.78, 5) is 0. The van der Waals surface area contributed by atoms with Crippen LogP contribution in [0.4, 0.5) is 4.39 Å². The number of nitrogens with zero attached hydrogens (tertiary/aromatic N) is 4. The van der Waals surface area contributed by atoms with Crippen molar-refractivity contribution < 1.29 is 4.39 Å². The molecule has 0 fully saturated rings. The molecule has 0 aliphatic carbocycles. The van der Waals surface area contributed by atoms with Gasteiger partial charge in [-0.15, -0.1) is 10.2 Å². The molecule has 3 aromatic rings. The number of aryl methyl sites for hydroxylation is 1. The number of hydrogen-bond acceptors (Lipinski definition) is 4. The molecule has 0 unspecified atom stereocenters. The molecule has 2 aromatic heterocycles. The minimum Gasteiger partial charge on any atom is -0.330 e. The summed E-state index contributed by atoms with van der Waals surface area (Å²) in [5.41, 5.74) is 7.86. The number of halogens is 1. The molecule has 0 saturated carbocycles. The molecule has 2 heterocycles. The third-order valence-corrected chi connectivity index (χ3v) is 3.57. The van der Waals surface area contributed by atoms with Crippen molar-refractivity contribution in [2.75, 3.05) is 6.54 Å². The van der Waals surface area contributed by atoms with Gasteiger partial charge in [-0.3, -0.25) is 0 Å². The second-order valence-corrected chi connectivity index (χ2v) is 5.21. The standard InChI is InChI=1S/C16H18FN5/c17-13-7-5-12(6-8-13)14-9-10-16-20-19-15(22(16)21-14)4-2-1-3-11-18/h5-10H,1-4,11,18H2. The van der Waals surface area contributed by atoms with Crippen LogP contribution in [0.5, 0.6) is 0 Å². The minimum atomic E-state index is -0.255. The summed E-state index contributed by atoms with van der Waals surface area (Å²) >= 11 is 0. The van der Waals surface area contributed by atoms with Crippen LogP contribution in [0.25, 0.3) is 16.9 Å². The SMILES string of the molecule is NCCCCCc1nnc2ccc(-c3ccc(F)cc3)nn12. The average molecular weight is 299 g/mol. The van der Waals surface area contributed by atoms with Gasteiger partial charge in [0.25, 0.3) is 0 Å². The molecule has 0 saturated heterocycles. The van der Waals surface area contributed by atoms with Crippen LogP contribution in [0, 0.1) is 5.82 Å². The van der Waals surface area contributed by atoms with Gasteiger partial charge >= 0.3 is 0 Å². The highest BCUT2D eigenvalue weighted by Gasteiger charge is 2.08. The van der Waals surface area contributed by atoms with Gasteiger partial charge in [0.15, 0.2) is 11.5 Å². The lowest BCUT2D eigenvalue weighted by atomic mass is 10.1. The maximum absolute atomic E-state index is 13.0. The number of rotatable bonds is 6. The predicted molar refractivity (Wildman–Crippen MR) is 82.8 cm³/mol. The Hall–Kier alpha value is -2.34.